The van der Waals surface area contributed by atoms with Crippen molar-refractivity contribution < 1.29 is 18.0 Å². The van der Waals surface area contributed by atoms with Gasteiger partial charge in [-0.1, -0.05) is 13.8 Å². The first-order valence-corrected chi connectivity index (χ1v) is 5.71. The maximum Gasteiger partial charge on any atom is 0.416 e. The van der Waals surface area contributed by atoms with Gasteiger partial charge in [0, 0.05) is 5.92 Å². The van der Waals surface area contributed by atoms with Gasteiger partial charge in [0.1, 0.15) is 6.07 Å². The summed E-state index contributed by atoms with van der Waals surface area (Å²) in [5.41, 5.74) is -1.02. The van der Waals surface area contributed by atoms with E-state index < -0.39 is 11.7 Å². The Morgan fingerprint density at radius 1 is 1.47 bits per heavy atom. The fourth-order valence-corrected chi connectivity index (χ4v) is 1.36. The van der Waals surface area contributed by atoms with Crippen LogP contribution in [-0.2, 0) is 11.0 Å². The molecule has 0 saturated heterocycles. The SMILES string of the molecule is CCC(C)C(=O)Nc1ccc(C(F)(F)F)cc1C#N. The van der Waals surface area contributed by atoms with Gasteiger partial charge < -0.3 is 5.32 Å². The fourth-order valence-electron chi connectivity index (χ4n) is 1.36. The number of hydrogen-bond acceptors (Lipinski definition) is 2. The zero-order valence-corrected chi connectivity index (χ0v) is 10.5. The molecule has 0 bridgehead atoms. The zero-order valence-electron chi connectivity index (χ0n) is 10.5. The predicted molar refractivity (Wildman–Crippen MR) is 64.2 cm³/mol. The molecule has 0 aliphatic rings. The minimum absolute atomic E-state index is 0.0980. The normalized spacial score (nSPS) is 12.6. The minimum Gasteiger partial charge on any atom is -0.325 e. The third kappa shape index (κ3) is 3.71. The number of hydrogen-bond donors (Lipinski definition) is 1. The molecule has 0 saturated carbocycles. The largest absolute Gasteiger partial charge is 0.416 e. The number of benzene rings is 1. The van der Waals surface area contributed by atoms with Gasteiger partial charge >= 0.3 is 6.18 Å². The first kappa shape index (κ1) is 15.0. The molecule has 3 nitrogen and oxygen atoms in total. The third-order valence-electron chi connectivity index (χ3n) is 2.79. The molecule has 0 aliphatic carbocycles. The van der Waals surface area contributed by atoms with Gasteiger partial charge in [0.2, 0.25) is 5.91 Å². The summed E-state index contributed by atoms with van der Waals surface area (Å²) in [5.74, 6) is -0.590. The molecule has 19 heavy (non-hydrogen) atoms. The lowest BCUT2D eigenvalue weighted by Crippen LogP contribution is -2.20. The number of nitrogens with zero attached hydrogens (tertiary/aromatic N) is 1. The van der Waals surface area contributed by atoms with Crippen LogP contribution >= 0.6 is 0 Å². The van der Waals surface area contributed by atoms with Crippen LogP contribution in [0, 0.1) is 17.2 Å². The molecule has 1 amide bonds. The van der Waals surface area contributed by atoms with Crippen LogP contribution in [-0.4, -0.2) is 5.91 Å². The Morgan fingerprint density at radius 2 is 2.11 bits per heavy atom. The second-order valence-electron chi connectivity index (χ2n) is 4.17. The topological polar surface area (TPSA) is 52.9 Å². The molecule has 6 heteroatoms. The smallest absolute Gasteiger partial charge is 0.325 e. The van der Waals surface area contributed by atoms with E-state index in [1.54, 1.807) is 13.0 Å². The molecule has 1 aromatic rings. The first-order chi connectivity index (χ1) is 8.79. The molecule has 0 fully saturated rings. The number of rotatable bonds is 3. The van der Waals surface area contributed by atoms with Crippen LogP contribution in [0.2, 0.25) is 0 Å². The number of carbonyl (C=O) groups excluding carboxylic acids is 1. The first-order valence-electron chi connectivity index (χ1n) is 5.71. The number of nitrogens with one attached hydrogen (secondary N) is 1. The van der Waals surface area contributed by atoms with E-state index in [0.29, 0.717) is 6.42 Å². The standard InChI is InChI=1S/C13H13F3N2O/c1-3-8(2)12(19)18-11-5-4-10(13(14,15)16)6-9(11)7-17/h4-6,8H,3H2,1-2H3,(H,18,19). The Bertz CT molecular complexity index is 518. The molecule has 0 radical (unpaired) electrons. The Hall–Kier alpha value is -2.03. The molecular weight excluding hydrogens is 257 g/mol. The molecule has 0 spiro atoms. The lowest BCUT2D eigenvalue weighted by molar-refractivity contribution is -0.137. The second-order valence-corrected chi connectivity index (χ2v) is 4.17. The third-order valence-corrected chi connectivity index (χ3v) is 2.79. The average Bonchev–Trinajstić information content (AvgIpc) is 2.36. The summed E-state index contributed by atoms with van der Waals surface area (Å²) in [5, 5.41) is 11.3. The highest BCUT2D eigenvalue weighted by Gasteiger charge is 2.31. The van der Waals surface area contributed by atoms with Crippen LogP contribution in [0.1, 0.15) is 31.4 Å². The van der Waals surface area contributed by atoms with Crippen molar-refractivity contribution in [3.05, 3.63) is 29.3 Å². The Labute approximate surface area is 109 Å². The highest BCUT2D eigenvalue weighted by Crippen LogP contribution is 2.31. The minimum atomic E-state index is -4.51. The predicted octanol–water partition coefficient (Wildman–Crippen LogP) is 3.56. The zero-order chi connectivity index (χ0) is 14.6. The Kier molecular flexibility index (Phi) is 4.54. The molecule has 1 aromatic carbocycles. The highest BCUT2D eigenvalue weighted by atomic mass is 19.4. The Balaban J connectivity index is 3.05. The second kappa shape index (κ2) is 5.74. The van der Waals surface area contributed by atoms with E-state index in [4.69, 9.17) is 5.26 Å². The van der Waals surface area contributed by atoms with Crippen molar-refractivity contribution in [2.45, 2.75) is 26.4 Å². The van der Waals surface area contributed by atoms with Gasteiger partial charge in [-0.25, -0.2) is 0 Å². The van der Waals surface area contributed by atoms with Crippen molar-refractivity contribution in [3.63, 3.8) is 0 Å². The van der Waals surface area contributed by atoms with Gasteiger partial charge in [-0.05, 0) is 24.6 Å². The summed E-state index contributed by atoms with van der Waals surface area (Å²) in [6.07, 6.45) is -3.90. The van der Waals surface area contributed by atoms with Crippen molar-refractivity contribution in [1.82, 2.24) is 0 Å². The van der Waals surface area contributed by atoms with Crippen LogP contribution in [0.5, 0.6) is 0 Å². The fraction of sp³-hybridized carbons (Fsp3) is 0.385. The van der Waals surface area contributed by atoms with Crippen LogP contribution in [0.15, 0.2) is 18.2 Å². The molecule has 0 aliphatic heterocycles. The van der Waals surface area contributed by atoms with Crippen LogP contribution in [0.25, 0.3) is 0 Å². The molecule has 1 atom stereocenters. The van der Waals surface area contributed by atoms with E-state index in [-0.39, 0.29) is 23.1 Å². The van der Waals surface area contributed by atoms with Gasteiger partial charge in [0.05, 0.1) is 16.8 Å². The number of alkyl halides is 3. The van der Waals surface area contributed by atoms with E-state index in [1.807, 2.05) is 6.92 Å². The van der Waals surface area contributed by atoms with E-state index >= 15 is 0 Å². The van der Waals surface area contributed by atoms with E-state index in [9.17, 15) is 18.0 Å². The van der Waals surface area contributed by atoms with E-state index in [1.165, 1.54) is 0 Å². The lowest BCUT2D eigenvalue weighted by Gasteiger charge is -2.13. The Morgan fingerprint density at radius 3 is 2.58 bits per heavy atom. The molecule has 102 valence electrons. The maximum atomic E-state index is 12.5. The molecule has 1 rings (SSSR count). The van der Waals surface area contributed by atoms with E-state index in [0.717, 1.165) is 18.2 Å². The van der Waals surface area contributed by atoms with Gasteiger partial charge in [0.15, 0.2) is 0 Å². The van der Waals surface area contributed by atoms with E-state index in [2.05, 4.69) is 5.32 Å². The average molecular weight is 270 g/mol. The number of carbonyl (C=O) groups is 1. The van der Waals surface area contributed by atoms with Crippen molar-refractivity contribution >= 4 is 11.6 Å². The van der Waals surface area contributed by atoms with Gasteiger partial charge in [0.25, 0.3) is 0 Å². The van der Waals surface area contributed by atoms with Crippen LogP contribution < -0.4 is 5.32 Å². The summed E-state index contributed by atoms with van der Waals surface area (Å²) in [4.78, 5) is 11.7. The number of halogens is 3. The molecule has 1 unspecified atom stereocenters. The highest BCUT2D eigenvalue weighted by molar-refractivity contribution is 5.93. The summed E-state index contributed by atoms with van der Waals surface area (Å²) in [7, 11) is 0. The summed E-state index contributed by atoms with van der Waals surface area (Å²) in [6, 6.07) is 4.32. The maximum absolute atomic E-state index is 12.5. The monoisotopic (exact) mass is 270 g/mol. The molecule has 0 heterocycles. The molecule has 0 aromatic heterocycles. The van der Waals surface area contributed by atoms with Crippen molar-refractivity contribution in [2.24, 2.45) is 5.92 Å². The lowest BCUT2D eigenvalue weighted by atomic mass is 10.1. The van der Waals surface area contributed by atoms with Crippen molar-refractivity contribution in [3.8, 4) is 6.07 Å². The van der Waals surface area contributed by atoms with Gasteiger partial charge in [-0.3, -0.25) is 4.79 Å². The number of nitriles is 1. The van der Waals surface area contributed by atoms with Crippen LogP contribution in [0.4, 0.5) is 18.9 Å². The van der Waals surface area contributed by atoms with Crippen LogP contribution in [0.3, 0.4) is 0 Å². The number of anilines is 1. The quantitative estimate of drug-likeness (QED) is 0.913. The van der Waals surface area contributed by atoms with Gasteiger partial charge in [-0.2, -0.15) is 18.4 Å². The van der Waals surface area contributed by atoms with Gasteiger partial charge in [-0.15, -0.1) is 0 Å². The summed E-state index contributed by atoms with van der Waals surface area (Å²) >= 11 is 0. The van der Waals surface area contributed by atoms with Crippen molar-refractivity contribution in [2.75, 3.05) is 5.32 Å². The van der Waals surface area contributed by atoms with Crippen molar-refractivity contribution in [1.29, 1.82) is 5.26 Å². The molecular formula is C13H13F3N2O. The molecule has 1 N–H and O–H groups in total. The number of amides is 1. The summed E-state index contributed by atoms with van der Waals surface area (Å²) < 4.78 is 37.5. The summed E-state index contributed by atoms with van der Waals surface area (Å²) in [6.45, 7) is 3.52.